The lowest BCUT2D eigenvalue weighted by Gasteiger charge is -2.48. The highest BCUT2D eigenvalue weighted by Crippen LogP contribution is 2.37. The fraction of sp³-hybridized carbons (Fsp3) is 0.941. The number of nitrogens with zero attached hydrogens (tertiary/aromatic N) is 1. The Morgan fingerprint density at radius 2 is 1.95 bits per heavy atom. The third-order valence-electron chi connectivity index (χ3n) is 5.79. The summed E-state index contributed by atoms with van der Waals surface area (Å²) in [5, 5.41) is 12.9. The predicted octanol–water partition coefficient (Wildman–Crippen LogP) is 2.34. The van der Waals surface area contributed by atoms with Crippen molar-refractivity contribution < 1.29 is 9.90 Å². The van der Waals surface area contributed by atoms with Crippen LogP contribution in [0.3, 0.4) is 0 Å². The second-order valence-corrected chi connectivity index (χ2v) is 7.85. The topological polar surface area (TPSA) is 52.6 Å². The van der Waals surface area contributed by atoms with Crippen LogP contribution in [0, 0.1) is 17.8 Å². The second-order valence-electron chi connectivity index (χ2n) is 7.85. The van der Waals surface area contributed by atoms with Gasteiger partial charge in [0.25, 0.3) is 0 Å². The predicted molar refractivity (Wildman–Crippen MR) is 83.2 cm³/mol. The van der Waals surface area contributed by atoms with Gasteiger partial charge >= 0.3 is 5.97 Å². The molecule has 4 nitrogen and oxygen atoms in total. The smallest absolute Gasteiger partial charge is 0.317 e. The minimum atomic E-state index is -0.675. The van der Waals surface area contributed by atoms with E-state index in [9.17, 15) is 4.79 Å². The summed E-state index contributed by atoms with van der Waals surface area (Å²) in [6, 6.07) is 1.83. The molecular formula is C17H30N2O2. The van der Waals surface area contributed by atoms with Crippen molar-refractivity contribution in [3.05, 3.63) is 0 Å². The number of rotatable bonds is 8. The Labute approximate surface area is 128 Å². The normalized spacial score (nSPS) is 35.6. The molecule has 3 aliphatic rings. The monoisotopic (exact) mass is 294 g/mol. The lowest BCUT2D eigenvalue weighted by Crippen LogP contribution is -2.59. The molecule has 0 aromatic carbocycles. The van der Waals surface area contributed by atoms with E-state index in [1.807, 2.05) is 0 Å². The van der Waals surface area contributed by atoms with Gasteiger partial charge in [-0.25, -0.2) is 0 Å². The third-order valence-corrected chi connectivity index (χ3v) is 5.79. The molecule has 0 spiro atoms. The second kappa shape index (κ2) is 6.25. The summed E-state index contributed by atoms with van der Waals surface area (Å²) in [6.07, 6.45) is 7.57. The van der Waals surface area contributed by atoms with Crippen LogP contribution in [0.25, 0.3) is 0 Å². The first-order valence-electron chi connectivity index (χ1n) is 8.74. The number of hydrogen-bond acceptors (Lipinski definition) is 3. The van der Waals surface area contributed by atoms with Gasteiger partial charge < -0.3 is 10.4 Å². The summed E-state index contributed by atoms with van der Waals surface area (Å²) in [5.41, 5.74) is 0. The van der Waals surface area contributed by atoms with Crippen LogP contribution in [0.5, 0.6) is 0 Å². The Morgan fingerprint density at radius 1 is 1.24 bits per heavy atom. The minimum Gasteiger partial charge on any atom is -0.480 e. The maximum Gasteiger partial charge on any atom is 0.317 e. The Bertz CT molecular complexity index is 375. The van der Waals surface area contributed by atoms with E-state index in [4.69, 9.17) is 5.11 Å². The molecule has 3 aliphatic carbocycles. The first kappa shape index (κ1) is 15.3. The molecule has 3 fully saturated rings. The highest BCUT2D eigenvalue weighted by molar-refractivity contribution is 5.69. The molecule has 0 amide bonds. The lowest BCUT2D eigenvalue weighted by molar-refractivity contribution is -0.139. The van der Waals surface area contributed by atoms with Crippen LogP contribution in [-0.4, -0.2) is 47.2 Å². The molecule has 0 aliphatic heterocycles. The average molecular weight is 294 g/mol. The first-order valence-corrected chi connectivity index (χ1v) is 8.74. The van der Waals surface area contributed by atoms with Gasteiger partial charge in [0.15, 0.2) is 0 Å². The van der Waals surface area contributed by atoms with Crippen molar-refractivity contribution in [1.29, 1.82) is 0 Å². The quantitative estimate of drug-likeness (QED) is 0.721. The number of carboxylic acid groups (broad SMARTS) is 1. The molecule has 4 heteroatoms. The third kappa shape index (κ3) is 3.78. The molecule has 0 aromatic heterocycles. The number of carboxylic acids is 1. The van der Waals surface area contributed by atoms with Crippen molar-refractivity contribution in [2.75, 3.05) is 13.1 Å². The highest BCUT2D eigenvalue weighted by Gasteiger charge is 2.40. The van der Waals surface area contributed by atoms with Gasteiger partial charge in [-0.15, -0.1) is 0 Å². The van der Waals surface area contributed by atoms with Crippen molar-refractivity contribution in [3.8, 4) is 0 Å². The van der Waals surface area contributed by atoms with Crippen molar-refractivity contribution in [1.82, 2.24) is 10.2 Å². The van der Waals surface area contributed by atoms with Crippen LogP contribution < -0.4 is 5.32 Å². The van der Waals surface area contributed by atoms with Crippen molar-refractivity contribution in [2.24, 2.45) is 17.8 Å². The van der Waals surface area contributed by atoms with Gasteiger partial charge in [0, 0.05) is 24.7 Å². The van der Waals surface area contributed by atoms with Crippen LogP contribution in [-0.2, 0) is 4.79 Å². The van der Waals surface area contributed by atoms with Crippen LogP contribution >= 0.6 is 0 Å². The average Bonchev–Trinajstić information content (AvgIpc) is 3.07. The summed E-state index contributed by atoms with van der Waals surface area (Å²) in [6.45, 7) is 5.88. The zero-order chi connectivity index (χ0) is 15.0. The van der Waals surface area contributed by atoms with E-state index in [0.717, 1.165) is 37.1 Å². The molecule has 3 rings (SSSR count). The summed E-state index contributed by atoms with van der Waals surface area (Å²) >= 11 is 0. The molecule has 3 saturated carbocycles. The SMILES string of the molecule is CC(C)C1CCC1NC1CC(N(CC(=O)O)CC2CC2)C1. The molecule has 21 heavy (non-hydrogen) atoms. The van der Waals surface area contributed by atoms with Gasteiger partial charge in [-0.05, 0) is 56.3 Å². The molecule has 2 N–H and O–H groups in total. The molecule has 0 bridgehead atoms. The standard InChI is InChI=1S/C17H30N2O2/c1-11(2)15-5-6-16(15)18-13-7-14(8-13)19(10-17(20)21)9-12-3-4-12/h11-16,18H,3-10H2,1-2H3,(H,20,21). The number of hydrogen-bond donors (Lipinski definition) is 2. The molecular weight excluding hydrogens is 264 g/mol. The first-order chi connectivity index (χ1) is 10.0. The number of carbonyl (C=O) groups is 1. The van der Waals surface area contributed by atoms with Gasteiger partial charge in [-0.1, -0.05) is 13.8 Å². The van der Waals surface area contributed by atoms with Crippen LogP contribution in [0.1, 0.15) is 52.4 Å². The highest BCUT2D eigenvalue weighted by atomic mass is 16.4. The zero-order valence-electron chi connectivity index (χ0n) is 13.4. The Morgan fingerprint density at radius 3 is 2.43 bits per heavy atom. The molecule has 0 saturated heterocycles. The maximum atomic E-state index is 11.0. The number of nitrogens with one attached hydrogen (secondary N) is 1. The Kier molecular flexibility index (Phi) is 4.55. The minimum absolute atomic E-state index is 0.228. The molecule has 0 radical (unpaired) electrons. The van der Waals surface area contributed by atoms with Gasteiger partial charge in [0.2, 0.25) is 0 Å². The van der Waals surface area contributed by atoms with Crippen molar-refractivity contribution in [3.63, 3.8) is 0 Å². The molecule has 2 unspecified atom stereocenters. The summed E-state index contributed by atoms with van der Waals surface area (Å²) in [7, 11) is 0. The largest absolute Gasteiger partial charge is 0.480 e. The van der Waals surface area contributed by atoms with Gasteiger partial charge in [-0.3, -0.25) is 9.69 Å². The fourth-order valence-corrected chi connectivity index (χ4v) is 4.00. The molecule has 0 aromatic rings. The van der Waals surface area contributed by atoms with E-state index in [1.165, 1.54) is 25.7 Å². The van der Waals surface area contributed by atoms with E-state index in [0.29, 0.717) is 18.1 Å². The van der Waals surface area contributed by atoms with E-state index < -0.39 is 5.97 Å². The van der Waals surface area contributed by atoms with Crippen LogP contribution in [0.15, 0.2) is 0 Å². The summed E-state index contributed by atoms with van der Waals surface area (Å²) in [4.78, 5) is 13.3. The van der Waals surface area contributed by atoms with Gasteiger partial charge in [0.1, 0.15) is 0 Å². The van der Waals surface area contributed by atoms with E-state index in [-0.39, 0.29) is 6.54 Å². The molecule has 120 valence electrons. The van der Waals surface area contributed by atoms with E-state index >= 15 is 0 Å². The zero-order valence-corrected chi connectivity index (χ0v) is 13.4. The van der Waals surface area contributed by atoms with Crippen LogP contribution in [0.2, 0.25) is 0 Å². The number of aliphatic carboxylic acids is 1. The fourth-order valence-electron chi connectivity index (χ4n) is 4.00. The van der Waals surface area contributed by atoms with Gasteiger partial charge in [-0.2, -0.15) is 0 Å². The van der Waals surface area contributed by atoms with Crippen molar-refractivity contribution >= 4 is 5.97 Å². The van der Waals surface area contributed by atoms with E-state index in [1.54, 1.807) is 0 Å². The molecule has 0 heterocycles. The van der Waals surface area contributed by atoms with Crippen LogP contribution in [0.4, 0.5) is 0 Å². The van der Waals surface area contributed by atoms with Crippen molar-refractivity contribution in [2.45, 2.75) is 70.5 Å². The lowest BCUT2D eigenvalue weighted by atomic mass is 9.71. The Hall–Kier alpha value is -0.610. The van der Waals surface area contributed by atoms with Gasteiger partial charge in [0.05, 0.1) is 6.54 Å². The molecule has 2 atom stereocenters. The maximum absolute atomic E-state index is 11.0. The van der Waals surface area contributed by atoms with E-state index in [2.05, 4.69) is 24.1 Å². The summed E-state index contributed by atoms with van der Waals surface area (Å²) < 4.78 is 0. The Balaban J connectivity index is 1.41. The summed E-state index contributed by atoms with van der Waals surface area (Å²) in [5.74, 6) is 1.73.